The molecule has 0 saturated carbocycles. The summed E-state index contributed by atoms with van der Waals surface area (Å²) < 4.78 is 6.32. The maximum Gasteiger partial charge on any atom is 0.410 e. The number of likely N-dealkylation sites (tertiary alicyclic amines) is 1. The third kappa shape index (κ3) is 4.35. The Balaban J connectivity index is 1.57. The van der Waals surface area contributed by atoms with Crippen LogP contribution in [0.25, 0.3) is 10.9 Å². The minimum atomic E-state index is -0.502. The number of hydrogen-bond acceptors (Lipinski definition) is 4. The molecule has 0 aliphatic carbocycles. The number of carbonyl (C=O) groups excluding carboxylic acids is 2. The molecule has 8 heteroatoms. The Morgan fingerprint density at radius 2 is 2.00 bits per heavy atom. The lowest BCUT2D eigenvalue weighted by molar-refractivity contribution is 0.0199. The molecular formula is C18H23BrN4O3. The first-order chi connectivity index (χ1) is 12.2. The Kier molecular flexibility index (Phi) is 5.22. The normalized spacial score (nSPS) is 15.9. The van der Waals surface area contributed by atoms with Crippen LogP contribution in [0.5, 0.6) is 0 Å². The van der Waals surface area contributed by atoms with Crippen LogP contribution < -0.4 is 5.32 Å². The lowest BCUT2D eigenvalue weighted by Gasteiger charge is -2.33. The van der Waals surface area contributed by atoms with E-state index in [0.717, 1.165) is 15.4 Å². The molecule has 1 saturated heterocycles. The van der Waals surface area contributed by atoms with Crippen LogP contribution in [0.2, 0.25) is 0 Å². The minimum Gasteiger partial charge on any atom is -0.444 e. The van der Waals surface area contributed by atoms with Gasteiger partial charge in [-0.05, 0) is 51.8 Å². The Morgan fingerprint density at radius 3 is 2.65 bits per heavy atom. The number of benzene rings is 1. The van der Waals surface area contributed by atoms with Crippen molar-refractivity contribution in [1.29, 1.82) is 0 Å². The van der Waals surface area contributed by atoms with E-state index in [1.807, 2.05) is 39.0 Å². The molecule has 3 rings (SSSR count). The number of amides is 2. The molecular weight excluding hydrogens is 400 g/mol. The standard InChI is InChI=1S/C18H23BrN4O3/c1-18(2,3)26-17(25)23-8-6-12(7-9-23)20-16(24)15-13-5-4-11(19)10-14(13)21-22-15/h4-5,10,12H,6-9H2,1-3H3,(H,20,24)(H,21,22). The van der Waals surface area contributed by atoms with Gasteiger partial charge in [0.25, 0.3) is 5.91 Å². The van der Waals surface area contributed by atoms with Gasteiger partial charge in [0, 0.05) is 29.0 Å². The first-order valence-electron chi connectivity index (χ1n) is 8.65. The topological polar surface area (TPSA) is 87.3 Å². The molecule has 0 atom stereocenters. The van der Waals surface area contributed by atoms with Gasteiger partial charge in [-0.2, -0.15) is 5.10 Å². The van der Waals surface area contributed by atoms with Gasteiger partial charge in [0.2, 0.25) is 0 Å². The van der Waals surface area contributed by atoms with Crippen LogP contribution >= 0.6 is 15.9 Å². The van der Waals surface area contributed by atoms with Gasteiger partial charge in [-0.3, -0.25) is 9.89 Å². The van der Waals surface area contributed by atoms with E-state index in [4.69, 9.17) is 4.74 Å². The molecule has 7 nitrogen and oxygen atoms in total. The lowest BCUT2D eigenvalue weighted by atomic mass is 10.0. The van der Waals surface area contributed by atoms with Crippen LogP contribution in [0.3, 0.4) is 0 Å². The number of carbonyl (C=O) groups is 2. The van der Waals surface area contributed by atoms with E-state index < -0.39 is 5.60 Å². The number of hydrogen-bond donors (Lipinski definition) is 2. The number of nitrogens with one attached hydrogen (secondary N) is 2. The van der Waals surface area contributed by atoms with Gasteiger partial charge in [0.05, 0.1) is 5.52 Å². The van der Waals surface area contributed by atoms with Gasteiger partial charge in [-0.25, -0.2) is 4.79 Å². The van der Waals surface area contributed by atoms with E-state index in [1.165, 1.54) is 0 Å². The van der Waals surface area contributed by atoms with Crippen molar-refractivity contribution in [2.24, 2.45) is 0 Å². The highest BCUT2D eigenvalue weighted by Gasteiger charge is 2.28. The van der Waals surface area contributed by atoms with Gasteiger partial charge in [-0.1, -0.05) is 15.9 Å². The number of nitrogens with zero attached hydrogens (tertiary/aromatic N) is 2. The lowest BCUT2D eigenvalue weighted by Crippen LogP contribution is -2.47. The van der Waals surface area contributed by atoms with Crippen molar-refractivity contribution in [1.82, 2.24) is 20.4 Å². The molecule has 0 unspecified atom stereocenters. The maximum atomic E-state index is 12.6. The Morgan fingerprint density at radius 1 is 1.31 bits per heavy atom. The number of rotatable bonds is 2. The van der Waals surface area contributed by atoms with Gasteiger partial charge in [0.1, 0.15) is 5.60 Å². The van der Waals surface area contributed by atoms with Gasteiger partial charge in [-0.15, -0.1) is 0 Å². The summed E-state index contributed by atoms with van der Waals surface area (Å²) in [4.78, 5) is 26.4. The number of ether oxygens (including phenoxy) is 1. The fourth-order valence-electron chi connectivity index (χ4n) is 2.95. The number of piperidine rings is 1. The SMILES string of the molecule is CC(C)(C)OC(=O)N1CCC(NC(=O)c2n[nH]c3cc(Br)ccc23)CC1. The molecule has 0 bridgehead atoms. The summed E-state index contributed by atoms with van der Waals surface area (Å²) in [6, 6.07) is 5.65. The van der Waals surface area contributed by atoms with Crippen molar-refractivity contribution < 1.29 is 14.3 Å². The largest absolute Gasteiger partial charge is 0.444 e. The van der Waals surface area contributed by atoms with E-state index >= 15 is 0 Å². The molecule has 2 amide bonds. The molecule has 2 heterocycles. The van der Waals surface area contributed by atoms with E-state index in [9.17, 15) is 9.59 Å². The zero-order valence-electron chi connectivity index (χ0n) is 15.1. The average Bonchev–Trinajstić information content (AvgIpc) is 2.97. The van der Waals surface area contributed by atoms with Crippen LogP contribution in [0, 0.1) is 0 Å². The van der Waals surface area contributed by atoms with E-state index in [1.54, 1.807) is 4.90 Å². The number of halogens is 1. The molecule has 26 heavy (non-hydrogen) atoms. The van der Waals surface area contributed by atoms with Crippen molar-refractivity contribution >= 4 is 38.8 Å². The molecule has 2 aromatic rings. The summed E-state index contributed by atoms with van der Waals surface area (Å²) >= 11 is 3.40. The highest BCUT2D eigenvalue weighted by molar-refractivity contribution is 9.10. The molecule has 2 N–H and O–H groups in total. The summed E-state index contributed by atoms with van der Waals surface area (Å²) in [5.41, 5.74) is 0.698. The quantitative estimate of drug-likeness (QED) is 0.775. The maximum absolute atomic E-state index is 12.6. The number of aromatic amines is 1. The molecule has 1 fully saturated rings. The van der Waals surface area contributed by atoms with E-state index in [0.29, 0.717) is 31.6 Å². The summed E-state index contributed by atoms with van der Waals surface area (Å²) in [6.07, 6.45) is 1.09. The zero-order chi connectivity index (χ0) is 18.9. The predicted octanol–water partition coefficient (Wildman–Crippen LogP) is 3.45. The first kappa shape index (κ1) is 18.7. The number of aromatic nitrogens is 2. The third-order valence-corrected chi connectivity index (χ3v) is 4.72. The average molecular weight is 423 g/mol. The van der Waals surface area contributed by atoms with Crippen LogP contribution in [-0.2, 0) is 4.74 Å². The van der Waals surface area contributed by atoms with Gasteiger partial charge >= 0.3 is 6.09 Å². The Labute approximate surface area is 160 Å². The Bertz CT molecular complexity index is 819. The number of fused-ring (bicyclic) bond motifs is 1. The highest BCUT2D eigenvalue weighted by atomic mass is 79.9. The second-order valence-corrected chi connectivity index (χ2v) is 8.39. The smallest absolute Gasteiger partial charge is 0.410 e. The summed E-state index contributed by atoms with van der Waals surface area (Å²) in [6.45, 7) is 6.68. The van der Waals surface area contributed by atoms with Crippen molar-refractivity contribution in [2.45, 2.75) is 45.3 Å². The summed E-state index contributed by atoms with van der Waals surface area (Å²) in [5, 5.41) is 10.8. The second-order valence-electron chi connectivity index (χ2n) is 7.48. The highest BCUT2D eigenvalue weighted by Crippen LogP contribution is 2.21. The van der Waals surface area contributed by atoms with Crippen molar-refractivity contribution in [3.05, 3.63) is 28.4 Å². The monoisotopic (exact) mass is 422 g/mol. The van der Waals surface area contributed by atoms with Crippen LogP contribution in [0.4, 0.5) is 4.79 Å². The van der Waals surface area contributed by atoms with Crippen LogP contribution in [-0.4, -0.2) is 51.8 Å². The Hall–Kier alpha value is -2.09. The molecule has 0 spiro atoms. The fourth-order valence-corrected chi connectivity index (χ4v) is 3.31. The molecule has 0 radical (unpaired) electrons. The molecule has 1 aromatic carbocycles. The predicted molar refractivity (Wildman–Crippen MR) is 102 cm³/mol. The van der Waals surface area contributed by atoms with Crippen molar-refractivity contribution in [2.75, 3.05) is 13.1 Å². The zero-order valence-corrected chi connectivity index (χ0v) is 16.7. The van der Waals surface area contributed by atoms with Crippen molar-refractivity contribution in [3.63, 3.8) is 0 Å². The van der Waals surface area contributed by atoms with Crippen molar-refractivity contribution in [3.8, 4) is 0 Å². The third-order valence-electron chi connectivity index (χ3n) is 4.22. The molecule has 1 aliphatic rings. The van der Waals surface area contributed by atoms with Crippen LogP contribution in [0.15, 0.2) is 22.7 Å². The van der Waals surface area contributed by atoms with Crippen LogP contribution in [0.1, 0.15) is 44.1 Å². The second kappa shape index (κ2) is 7.26. The molecule has 1 aliphatic heterocycles. The summed E-state index contributed by atoms with van der Waals surface area (Å²) in [7, 11) is 0. The first-order valence-corrected chi connectivity index (χ1v) is 9.44. The summed E-state index contributed by atoms with van der Waals surface area (Å²) in [5.74, 6) is -0.200. The number of H-pyrrole nitrogens is 1. The molecule has 1 aromatic heterocycles. The van der Waals surface area contributed by atoms with E-state index in [-0.39, 0.29) is 18.0 Å². The van der Waals surface area contributed by atoms with Gasteiger partial charge in [0.15, 0.2) is 5.69 Å². The van der Waals surface area contributed by atoms with E-state index in [2.05, 4.69) is 31.4 Å². The minimum absolute atomic E-state index is 0.0170. The fraction of sp³-hybridized carbons (Fsp3) is 0.500. The molecule has 140 valence electrons. The van der Waals surface area contributed by atoms with Gasteiger partial charge < -0.3 is 15.0 Å².